The summed E-state index contributed by atoms with van der Waals surface area (Å²) in [6, 6.07) is 8.65. The number of phenols is 1. The Morgan fingerprint density at radius 3 is 2.68 bits per heavy atom. The van der Waals surface area contributed by atoms with Crippen molar-refractivity contribution in [2.24, 2.45) is 0 Å². The molecule has 4 atom stereocenters. The van der Waals surface area contributed by atoms with Gasteiger partial charge in [-0.2, -0.15) is 0 Å². The van der Waals surface area contributed by atoms with Gasteiger partial charge < -0.3 is 14.4 Å². The number of nitrogens with zero attached hydrogens (tertiary/aromatic N) is 5. The van der Waals surface area contributed by atoms with Crippen LogP contribution < -0.4 is 4.74 Å². The van der Waals surface area contributed by atoms with E-state index < -0.39 is 17.8 Å². The third-order valence-corrected chi connectivity index (χ3v) is 6.74. The lowest BCUT2D eigenvalue weighted by Gasteiger charge is -2.50. The van der Waals surface area contributed by atoms with Gasteiger partial charge in [0.15, 0.2) is 6.17 Å². The summed E-state index contributed by atoms with van der Waals surface area (Å²) in [5.41, 5.74) is 0.884. The molecule has 8 heteroatoms. The maximum atomic E-state index is 15.3. The second kappa shape index (κ2) is 6.88. The highest BCUT2D eigenvalue weighted by molar-refractivity contribution is 5.68. The number of halogens is 1. The van der Waals surface area contributed by atoms with Gasteiger partial charge in [-0.15, -0.1) is 10.2 Å². The Kier molecular flexibility index (Phi) is 4.37. The van der Waals surface area contributed by atoms with E-state index in [4.69, 9.17) is 4.74 Å². The molecule has 1 aromatic carbocycles. The molecule has 31 heavy (non-hydrogen) atoms. The van der Waals surface area contributed by atoms with Crippen molar-refractivity contribution in [1.29, 1.82) is 0 Å². The second-order valence-electron chi connectivity index (χ2n) is 8.67. The Hall–Kier alpha value is -3.26. The van der Waals surface area contributed by atoms with Gasteiger partial charge in [0.2, 0.25) is 5.88 Å². The van der Waals surface area contributed by atoms with Gasteiger partial charge in [-0.25, -0.2) is 9.37 Å². The zero-order valence-corrected chi connectivity index (χ0v) is 17.6. The maximum absolute atomic E-state index is 15.3. The zero-order chi connectivity index (χ0) is 21.8. The molecule has 4 heterocycles. The summed E-state index contributed by atoms with van der Waals surface area (Å²) < 4.78 is 23.0. The van der Waals surface area contributed by atoms with E-state index in [1.165, 1.54) is 0 Å². The van der Waals surface area contributed by atoms with Crippen molar-refractivity contribution in [1.82, 2.24) is 24.6 Å². The van der Waals surface area contributed by atoms with E-state index in [0.717, 1.165) is 5.69 Å². The summed E-state index contributed by atoms with van der Waals surface area (Å²) in [7, 11) is 1.95. The van der Waals surface area contributed by atoms with E-state index in [2.05, 4.69) is 33.1 Å². The average Bonchev–Trinajstić information content (AvgIpc) is 3.35. The summed E-state index contributed by atoms with van der Waals surface area (Å²) in [5, 5.41) is 18.8. The van der Waals surface area contributed by atoms with Gasteiger partial charge in [-0.3, -0.25) is 4.90 Å². The largest absolute Gasteiger partial charge is 0.507 e. The van der Waals surface area contributed by atoms with Crippen LogP contribution in [-0.4, -0.2) is 60.2 Å². The molecular formula is C23H24FN5O2. The van der Waals surface area contributed by atoms with Gasteiger partial charge in [0.05, 0.1) is 23.2 Å². The summed E-state index contributed by atoms with van der Waals surface area (Å²) in [6.07, 6.45) is 7.84. The number of benzene rings is 1. The number of piperidine rings is 1. The Morgan fingerprint density at radius 1 is 1.16 bits per heavy atom. The van der Waals surface area contributed by atoms with Gasteiger partial charge in [0.1, 0.15) is 11.9 Å². The Balaban J connectivity index is 1.34. The Morgan fingerprint density at radius 2 is 2.00 bits per heavy atom. The van der Waals surface area contributed by atoms with E-state index >= 15 is 4.39 Å². The van der Waals surface area contributed by atoms with Gasteiger partial charge >= 0.3 is 0 Å². The Labute approximate surface area is 179 Å². The number of alkyl halides is 1. The van der Waals surface area contributed by atoms with E-state index in [0.29, 0.717) is 17.7 Å². The maximum Gasteiger partial charge on any atom is 0.233 e. The number of imidazole rings is 1. The normalized spacial score (nSPS) is 29.9. The van der Waals surface area contributed by atoms with Gasteiger partial charge in [-0.1, -0.05) is 12.2 Å². The molecule has 2 aromatic heterocycles. The van der Waals surface area contributed by atoms with Gasteiger partial charge in [-0.05, 0) is 39.1 Å². The minimum Gasteiger partial charge on any atom is -0.507 e. The SMILES string of the molecule is CN1[C@@]2(C)C=C[C@]1(C)[C@H](F)[C@@H](Oc1ccc(-c3ccc(-n4ccnc4)cc3O)nn1)C2. The number of ether oxygens (including phenoxy) is 1. The van der Waals surface area contributed by atoms with Crippen LogP contribution in [0.5, 0.6) is 11.6 Å². The van der Waals surface area contributed by atoms with Crippen LogP contribution in [0.25, 0.3) is 16.9 Å². The lowest BCUT2D eigenvalue weighted by atomic mass is 9.81. The molecule has 7 nitrogen and oxygen atoms in total. The van der Waals surface area contributed by atoms with Crippen LogP contribution in [-0.2, 0) is 0 Å². The highest BCUT2D eigenvalue weighted by Gasteiger charge is 2.57. The molecule has 1 saturated heterocycles. The predicted molar refractivity (Wildman–Crippen MR) is 114 cm³/mol. The lowest BCUT2D eigenvalue weighted by molar-refractivity contribution is -0.0779. The third kappa shape index (κ3) is 3.09. The topological polar surface area (TPSA) is 76.3 Å². The molecule has 2 aliphatic heterocycles. The number of hydrogen-bond donors (Lipinski definition) is 1. The molecule has 0 unspecified atom stereocenters. The van der Waals surface area contributed by atoms with E-state index in [9.17, 15) is 5.11 Å². The van der Waals surface area contributed by atoms with E-state index in [-0.39, 0.29) is 17.2 Å². The Bertz CT molecular complexity index is 1130. The molecule has 1 fully saturated rings. The van der Waals surface area contributed by atoms with E-state index in [1.54, 1.807) is 47.6 Å². The van der Waals surface area contributed by atoms with Crippen LogP contribution in [0.3, 0.4) is 0 Å². The molecule has 3 aromatic rings. The minimum absolute atomic E-state index is 0.0804. The smallest absolute Gasteiger partial charge is 0.233 e. The highest BCUT2D eigenvalue weighted by Crippen LogP contribution is 2.46. The molecule has 0 aliphatic carbocycles. The minimum atomic E-state index is -1.19. The van der Waals surface area contributed by atoms with Crippen LogP contribution in [0.4, 0.5) is 4.39 Å². The lowest BCUT2D eigenvalue weighted by Crippen LogP contribution is -2.64. The van der Waals surface area contributed by atoms with Crippen molar-refractivity contribution in [3.05, 3.63) is 61.2 Å². The number of aromatic nitrogens is 4. The van der Waals surface area contributed by atoms with Crippen LogP contribution >= 0.6 is 0 Å². The van der Waals surface area contributed by atoms with Crippen LogP contribution in [0.1, 0.15) is 20.3 Å². The summed E-state index contributed by atoms with van der Waals surface area (Å²) in [4.78, 5) is 6.07. The standard InChI is InChI=1S/C23H24FN5O2/c1-22-8-9-23(2,28(22)3)21(24)19(13-22)31-20-7-6-17(26-27-20)16-5-4-15(12-18(16)30)29-11-10-25-14-29/h4-12,14,19,21,30H,13H2,1-3H3/t19-,21+,22-,23+/m0/s1. The number of rotatable bonds is 4. The highest BCUT2D eigenvalue weighted by atomic mass is 19.1. The van der Waals surface area contributed by atoms with Crippen LogP contribution in [0.15, 0.2) is 61.2 Å². The molecule has 1 N–H and O–H groups in total. The molecule has 0 radical (unpaired) electrons. The number of phenolic OH excluding ortho intramolecular Hbond substituents is 1. The summed E-state index contributed by atoms with van der Waals surface area (Å²) >= 11 is 0. The first-order valence-electron chi connectivity index (χ1n) is 10.2. The fourth-order valence-corrected chi connectivity index (χ4v) is 4.58. The van der Waals surface area contributed by atoms with E-state index in [1.807, 2.05) is 26.1 Å². The number of aromatic hydroxyl groups is 1. The molecule has 5 rings (SSSR count). The van der Waals surface area contributed by atoms with Crippen LogP contribution in [0.2, 0.25) is 0 Å². The third-order valence-electron chi connectivity index (χ3n) is 6.74. The molecule has 2 bridgehead atoms. The molecule has 0 spiro atoms. The van der Waals surface area contributed by atoms with Gasteiger partial charge in [0.25, 0.3) is 0 Å². The quantitative estimate of drug-likeness (QED) is 0.650. The fraction of sp³-hybridized carbons (Fsp3) is 0.348. The predicted octanol–water partition coefficient (Wildman–Crippen LogP) is 3.54. The fourth-order valence-electron chi connectivity index (χ4n) is 4.58. The van der Waals surface area contributed by atoms with Crippen molar-refractivity contribution in [2.45, 2.75) is 43.6 Å². The molecule has 0 saturated carbocycles. The summed E-state index contributed by atoms with van der Waals surface area (Å²) in [5.74, 6) is 0.346. The van der Waals surface area contributed by atoms with Crippen molar-refractivity contribution >= 4 is 0 Å². The van der Waals surface area contributed by atoms with Gasteiger partial charge in [0, 0.05) is 42.0 Å². The number of hydrogen-bond acceptors (Lipinski definition) is 6. The summed E-state index contributed by atoms with van der Waals surface area (Å²) in [6.45, 7) is 3.97. The number of likely N-dealkylation sites (N-methyl/N-ethyl adjacent to an activating group) is 1. The average molecular weight is 421 g/mol. The molecule has 0 amide bonds. The monoisotopic (exact) mass is 421 g/mol. The van der Waals surface area contributed by atoms with Crippen molar-refractivity contribution in [3.63, 3.8) is 0 Å². The van der Waals surface area contributed by atoms with Crippen molar-refractivity contribution < 1.29 is 14.2 Å². The molecular weight excluding hydrogens is 397 g/mol. The molecule has 160 valence electrons. The van der Waals surface area contributed by atoms with Crippen molar-refractivity contribution in [2.75, 3.05) is 7.05 Å². The zero-order valence-electron chi connectivity index (χ0n) is 17.6. The van der Waals surface area contributed by atoms with Crippen molar-refractivity contribution in [3.8, 4) is 28.6 Å². The first kappa shape index (κ1) is 19.7. The second-order valence-corrected chi connectivity index (χ2v) is 8.67. The molecule has 2 aliphatic rings. The first-order valence-corrected chi connectivity index (χ1v) is 10.2. The van der Waals surface area contributed by atoms with Crippen LogP contribution in [0, 0.1) is 0 Å². The first-order chi connectivity index (χ1) is 14.8. The number of fused-ring (bicyclic) bond motifs is 2.